The van der Waals surface area contributed by atoms with Gasteiger partial charge in [0.2, 0.25) is 0 Å². The van der Waals surface area contributed by atoms with Crippen molar-refractivity contribution in [2.24, 2.45) is 0 Å². The van der Waals surface area contributed by atoms with Gasteiger partial charge in [-0.15, -0.1) is 0 Å². The topological polar surface area (TPSA) is 3.24 Å². The number of benzene rings is 6. The molecular weight excluding hydrogens is 579 g/mol. The molecule has 0 spiro atoms. The first-order valence-corrected chi connectivity index (χ1v) is 18.0. The number of hydrogen-bond acceptors (Lipinski definition) is 1. The third kappa shape index (κ3) is 4.91. The summed E-state index contributed by atoms with van der Waals surface area (Å²) in [6, 6.07) is 48.7. The van der Waals surface area contributed by atoms with Crippen LogP contribution in [0.15, 0.2) is 127 Å². The highest BCUT2D eigenvalue weighted by Gasteiger charge is 2.37. The van der Waals surface area contributed by atoms with Gasteiger partial charge in [0.15, 0.2) is 0 Å². The van der Waals surface area contributed by atoms with Crippen molar-refractivity contribution < 1.29 is 0 Å². The summed E-state index contributed by atoms with van der Waals surface area (Å²) in [6.07, 6.45) is 9.87. The van der Waals surface area contributed by atoms with Crippen molar-refractivity contribution in [2.75, 3.05) is 4.90 Å². The number of nitrogens with zero attached hydrogens (tertiary/aromatic N) is 1. The zero-order valence-corrected chi connectivity index (χ0v) is 28.2. The van der Waals surface area contributed by atoms with E-state index in [1.807, 2.05) is 0 Å². The van der Waals surface area contributed by atoms with Gasteiger partial charge >= 0.3 is 0 Å². The Kier molecular flexibility index (Phi) is 7.12. The molecule has 0 N–H and O–H groups in total. The Labute approximate surface area is 285 Å². The number of rotatable bonds is 5. The van der Waals surface area contributed by atoms with Gasteiger partial charge in [-0.05, 0) is 149 Å². The zero-order chi connectivity index (χ0) is 32.2. The first kappa shape index (κ1) is 29.3. The van der Waals surface area contributed by atoms with Crippen molar-refractivity contribution in [1.82, 2.24) is 0 Å². The molecule has 0 unspecified atom stereocenters. The van der Waals surface area contributed by atoms with Crippen LogP contribution in [0, 0.1) is 0 Å². The maximum atomic E-state index is 2.55. The van der Waals surface area contributed by atoms with Crippen LogP contribution >= 0.6 is 0 Å². The molecule has 0 saturated heterocycles. The summed E-state index contributed by atoms with van der Waals surface area (Å²) >= 11 is 0. The molecule has 236 valence electrons. The van der Waals surface area contributed by atoms with Crippen molar-refractivity contribution in [1.29, 1.82) is 0 Å². The monoisotopic (exact) mass is 621 g/mol. The van der Waals surface area contributed by atoms with E-state index in [1.54, 1.807) is 0 Å². The van der Waals surface area contributed by atoms with Crippen LogP contribution in [0.2, 0.25) is 0 Å². The van der Waals surface area contributed by atoms with Gasteiger partial charge in [-0.1, -0.05) is 105 Å². The molecule has 3 aliphatic carbocycles. The van der Waals surface area contributed by atoms with E-state index in [-0.39, 0.29) is 5.41 Å². The lowest BCUT2D eigenvalue weighted by molar-refractivity contribution is 0.660. The molecule has 0 aliphatic heterocycles. The van der Waals surface area contributed by atoms with Crippen LogP contribution in [0.25, 0.3) is 33.4 Å². The van der Waals surface area contributed by atoms with Gasteiger partial charge in [-0.2, -0.15) is 0 Å². The van der Waals surface area contributed by atoms with Crippen molar-refractivity contribution >= 4 is 17.1 Å². The van der Waals surface area contributed by atoms with E-state index in [4.69, 9.17) is 0 Å². The van der Waals surface area contributed by atoms with Crippen LogP contribution in [0.1, 0.15) is 72.9 Å². The summed E-state index contributed by atoms with van der Waals surface area (Å²) in [5.74, 6) is 0. The van der Waals surface area contributed by atoms with Gasteiger partial charge in [0.25, 0.3) is 0 Å². The van der Waals surface area contributed by atoms with Crippen molar-refractivity contribution in [3.05, 3.63) is 161 Å². The highest BCUT2D eigenvalue weighted by Crippen LogP contribution is 2.53. The second kappa shape index (κ2) is 11.7. The van der Waals surface area contributed by atoms with Crippen LogP contribution < -0.4 is 4.90 Å². The molecule has 0 bridgehead atoms. The second-order valence-electron chi connectivity index (χ2n) is 14.7. The highest BCUT2D eigenvalue weighted by molar-refractivity contribution is 5.95. The largest absolute Gasteiger partial charge is 0.310 e. The minimum absolute atomic E-state index is 0.0895. The van der Waals surface area contributed by atoms with Crippen molar-refractivity contribution in [3.8, 4) is 33.4 Å². The summed E-state index contributed by atoms with van der Waals surface area (Å²) in [7, 11) is 0. The van der Waals surface area contributed by atoms with E-state index in [2.05, 4.69) is 146 Å². The average molecular weight is 622 g/mol. The molecule has 0 atom stereocenters. The van der Waals surface area contributed by atoms with Gasteiger partial charge in [-0.3, -0.25) is 0 Å². The Morgan fingerprint density at radius 2 is 1.00 bits per heavy atom. The maximum absolute atomic E-state index is 2.55. The summed E-state index contributed by atoms with van der Waals surface area (Å²) in [6.45, 7) is 4.80. The Morgan fingerprint density at radius 3 is 1.75 bits per heavy atom. The van der Waals surface area contributed by atoms with E-state index >= 15 is 0 Å². The van der Waals surface area contributed by atoms with Crippen molar-refractivity contribution in [2.45, 2.75) is 70.6 Å². The van der Waals surface area contributed by atoms with Gasteiger partial charge in [0.05, 0.1) is 5.69 Å². The molecule has 9 rings (SSSR count). The molecule has 1 heteroatoms. The quantitative estimate of drug-likeness (QED) is 0.185. The van der Waals surface area contributed by atoms with Crippen LogP contribution in [-0.4, -0.2) is 0 Å². The van der Waals surface area contributed by atoms with Crippen LogP contribution in [0.5, 0.6) is 0 Å². The molecule has 0 amide bonds. The van der Waals surface area contributed by atoms with Crippen LogP contribution in [0.3, 0.4) is 0 Å². The number of anilines is 3. The first-order valence-electron chi connectivity index (χ1n) is 18.0. The molecule has 0 heterocycles. The van der Waals surface area contributed by atoms with E-state index in [0.29, 0.717) is 0 Å². The van der Waals surface area contributed by atoms with Crippen molar-refractivity contribution in [3.63, 3.8) is 0 Å². The molecule has 3 aliphatic rings. The first-order chi connectivity index (χ1) is 23.5. The Balaban J connectivity index is 1.29. The molecule has 6 aromatic rings. The third-order valence-electron chi connectivity index (χ3n) is 11.4. The molecular formula is C47H43N. The molecule has 0 aromatic heterocycles. The summed E-state index contributed by atoms with van der Waals surface area (Å²) in [5, 5.41) is 0. The molecule has 0 saturated carbocycles. The number of hydrogen-bond donors (Lipinski definition) is 0. The molecule has 0 radical (unpaired) electrons. The SMILES string of the molecule is CC1(C)c2ccccc2-c2cc(-c3ccc4c(c3)CCCC4)c(N(c3ccc(-c4ccccc4)cc3)c3ccc4c(c3)CCCC4)cc21. The normalized spacial score (nSPS) is 15.6. The Hall–Kier alpha value is -4.88. The van der Waals surface area contributed by atoms with E-state index in [0.717, 1.165) is 6.42 Å². The predicted octanol–water partition coefficient (Wildman–Crippen LogP) is 12.6. The van der Waals surface area contributed by atoms with E-state index in [9.17, 15) is 0 Å². The standard InChI is InChI=1S/C47H43N/c1-47(2)44-19-11-10-18-41(44)43-30-42(38-21-20-33-14-6-8-16-36(33)28-38)46(31-45(43)47)48(40-27-24-34-15-7-9-17-37(34)29-40)39-25-22-35(23-26-39)32-12-4-3-5-13-32/h3-5,10-13,18-31H,6-9,14-17H2,1-2H3. The zero-order valence-electron chi connectivity index (χ0n) is 28.2. The van der Waals surface area contributed by atoms with Gasteiger partial charge in [0.1, 0.15) is 0 Å². The lowest BCUT2D eigenvalue weighted by atomic mass is 9.81. The van der Waals surface area contributed by atoms with E-state index in [1.165, 1.54) is 129 Å². The van der Waals surface area contributed by atoms with Crippen LogP contribution in [-0.2, 0) is 31.1 Å². The highest BCUT2D eigenvalue weighted by atomic mass is 15.1. The smallest absolute Gasteiger partial charge is 0.0543 e. The summed E-state index contributed by atoms with van der Waals surface area (Å²) in [4.78, 5) is 2.55. The Morgan fingerprint density at radius 1 is 0.417 bits per heavy atom. The fraction of sp³-hybridized carbons (Fsp3) is 0.234. The fourth-order valence-corrected chi connectivity index (χ4v) is 8.77. The summed E-state index contributed by atoms with van der Waals surface area (Å²) < 4.78 is 0. The Bertz CT molecular complexity index is 2150. The fourth-order valence-electron chi connectivity index (χ4n) is 8.77. The van der Waals surface area contributed by atoms with Crippen LogP contribution in [0.4, 0.5) is 17.1 Å². The van der Waals surface area contributed by atoms with Gasteiger partial charge < -0.3 is 4.90 Å². The minimum Gasteiger partial charge on any atom is -0.310 e. The predicted molar refractivity (Wildman–Crippen MR) is 203 cm³/mol. The minimum atomic E-state index is -0.0895. The number of fused-ring (bicyclic) bond motifs is 5. The maximum Gasteiger partial charge on any atom is 0.0543 e. The molecule has 48 heavy (non-hydrogen) atoms. The lowest BCUT2D eigenvalue weighted by Crippen LogP contribution is -2.17. The summed E-state index contributed by atoms with van der Waals surface area (Å²) in [5.41, 5.74) is 20.4. The molecule has 1 nitrogen and oxygen atoms in total. The average Bonchev–Trinajstić information content (AvgIpc) is 3.37. The number of aryl methyl sites for hydroxylation is 4. The van der Waals surface area contributed by atoms with E-state index < -0.39 is 0 Å². The van der Waals surface area contributed by atoms with Gasteiger partial charge in [0, 0.05) is 22.4 Å². The third-order valence-corrected chi connectivity index (χ3v) is 11.4. The molecule has 0 fully saturated rings. The van der Waals surface area contributed by atoms with Gasteiger partial charge in [-0.25, -0.2) is 0 Å². The lowest BCUT2D eigenvalue weighted by Gasteiger charge is -2.32. The second-order valence-corrected chi connectivity index (χ2v) is 14.7. The molecule has 6 aromatic carbocycles.